The van der Waals surface area contributed by atoms with Gasteiger partial charge in [-0.2, -0.15) is 0 Å². The third kappa shape index (κ3) is 3.88. The molecule has 0 bridgehead atoms. The van der Waals surface area contributed by atoms with E-state index in [2.05, 4.69) is 36.1 Å². The molecular weight excluding hydrogens is 340 g/mol. The van der Waals surface area contributed by atoms with E-state index in [1.807, 2.05) is 0 Å². The van der Waals surface area contributed by atoms with Crippen molar-refractivity contribution < 1.29 is 13.6 Å². The van der Waals surface area contributed by atoms with E-state index < -0.39 is 16.1 Å². The van der Waals surface area contributed by atoms with Crippen molar-refractivity contribution >= 4 is 31.8 Å². The summed E-state index contributed by atoms with van der Waals surface area (Å²) in [5.41, 5.74) is 5.37. The fourth-order valence-corrected chi connectivity index (χ4v) is 3.86. The lowest BCUT2D eigenvalue weighted by atomic mass is 10.1. The van der Waals surface area contributed by atoms with Crippen LogP contribution in [-0.4, -0.2) is 40.5 Å². The smallest absolute Gasteiger partial charge is 0.260 e. The van der Waals surface area contributed by atoms with Crippen LogP contribution in [-0.2, 0) is 17.1 Å². The van der Waals surface area contributed by atoms with E-state index in [1.165, 1.54) is 7.05 Å². The normalized spacial score (nSPS) is 14.6. The van der Waals surface area contributed by atoms with Gasteiger partial charge in [0.25, 0.3) is 10.0 Å². The maximum absolute atomic E-state index is 12.2. The van der Waals surface area contributed by atoms with E-state index >= 15 is 0 Å². The molecule has 1 unspecified atom stereocenters. The summed E-state index contributed by atoms with van der Waals surface area (Å²) in [7, 11) is -2.33. The van der Waals surface area contributed by atoms with Crippen LogP contribution in [0.5, 0.6) is 0 Å². The highest BCUT2D eigenvalue weighted by molar-refractivity contribution is 9.10. The summed E-state index contributed by atoms with van der Waals surface area (Å²) in [6.07, 6.45) is 0.591. The average molecular weight is 355 g/mol. The first-order valence-corrected chi connectivity index (χ1v) is 7.63. The van der Waals surface area contributed by atoms with E-state index in [1.54, 1.807) is 6.92 Å². The third-order valence-electron chi connectivity index (χ3n) is 2.39. The number of nitrogens with one attached hydrogen (secondary N) is 1. The van der Waals surface area contributed by atoms with Crippen molar-refractivity contribution in [3.63, 3.8) is 0 Å². The Morgan fingerprint density at radius 2 is 2.32 bits per heavy atom. The summed E-state index contributed by atoms with van der Waals surface area (Å²) in [5, 5.41) is 18.5. The minimum absolute atomic E-state index is 0.0447. The lowest BCUT2D eigenvalue weighted by Gasteiger charge is -2.16. The zero-order chi connectivity index (χ0) is 14.6. The van der Waals surface area contributed by atoms with Gasteiger partial charge in [0.2, 0.25) is 5.03 Å². The van der Waals surface area contributed by atoms with Crippen LogP contribution in [0, 0.1) is 0 Å². The van der Waals surface area contributed by atoms with Crippen LogP contribution in [0.25, 0.3) is 0 Å². The fraction of sp³-hybridized carbons (Fsp3) is 0.625. The van der Waals surface area contributed by atoms with Crippen molar-refractivity contribution in [3.05, 3.63) is 4.60 Å². The van der Waals surface area contributed by atoms with Crippen molar-refractivity contribution in [2.24, 2.45) is 17.9 Å². The fourth-order valence-electron chi connectivity index (χ4n) is 1.45. The van der Waals surface area contributed by atoms with Gasteiger partial charge in [-0.25, -0.2) is 17.8 Å². The molecule has 0 aromatic carbocycles. The van der Waals surface area contributed by atoms with Gasteiger partial charge in [0.05, 0.1) is 0 Å². The molecular formula is C8H15BrN6O3S. The molecule has 0 saturated heterocycles. The Hall–Kier alpha value is -1.20. The molecule has 1 aromatic rings. The maximum atomic E-state index is 12.2. The molecule has 9 nitrogen and oxygen atoms in total. The average Bonchev–Trinajstić information content (AvgIpc) is 2.68. The third-order valence-corrected chi connectivity index (χ3v) is 4.80. The number of aryl methyl sites for hydroxylation is 1. The van der Waals surface area contributed by atoms with Crippen LogP contribution in [0.4, 0.5) is 0 Å². The van der Waals surface area contributed by atoms with Gasteiger partial charge in [0.1, 0.15) is 5.84 Å². The molecule has 108 valence electrons. The topological polar surface area (TPSA) is 135 Å². The number of nitrogens with zero attached hydrogens (tertiary/aromatic N) is 4. The van der Waals surface area contributed by atoms with Crippen molar-refractivity contribution in [1.82, 2.24) is 19.7 Å². The van der Waals surface area contributed by atoms with Crippen LogP contribution in [0.1, 0.15) is 19.8 Å². The standard InChI is InChI=1S/C8H15BrN6O3S/c1-3-5(4-6(10)12-16)13-19(17,18)8-7(9)11-14-15(8)2/h5,13,16H,3-4H2,1-2H3,(H2,10,12). The molecule has 1 atom stereocenters. The van der Waals surface area contributed by atoms with Crippen molar-refractivity contribution in [3.8, 4) is 0 Å². The highest BCUT2D eigenvalue weighted by atomic mass is 79.9. The van der Waals surface area contributed by atoms with Crippen LogP contribution < -0.4 is 10.5 Å². The number of amidine groups is 1. The summed E-state index contributed by atoms with van der Waals surface area (Å²) < 4.78 is 28.1. The van der Waals surface area contributed by atoms with Crippen molar-refractivity contribution in [2.75, 3.05) is 0 Å². The lowest BCUT2D eigenvalue weighted by Crippen LogP contribution is -2.38. The molecule has 1 aromatic heterocycles. The number of nitrogens with two attached hydrogens (primary N) is 1. The predicted octanol–water partition coefficient (Wildman–Crippen LogP) is -0.229. The van der Waals surface area contributed by atoms with Crippen molar-refractivity contribution in [2.45, 2.75) is 30.8 Å². The number of aromatic nitrogens is 3. The summed E-state index contributed by atoms with van der Waals surface area (Å²) >= 11 is 3.03. The second kappa shape index (κ2) is 6.30. The number of halogens is 1. The van der Waals surface area contributed by atoms with Crippen molar-refractivity contribution in [1.29, 1.82) is 0 Å². The van der Waals surface area contributed by atoms with E-state index in [-0.39, 0.29) is 21.9 Å². The van der Waals surface area contributed by atoms with Crippen LogP contribution in [0.15, 0.2) is 14.8 Å². The van der Waals surface area contributed by atoms with Crippen LogP contribution >= 0.6 is 15.9 Å². The Morgan fingerprint density at radius 3 is 2.74 bits per heavy atom. The SMILES string of the molecule is CCC(CC(N)=NO)NS(=O)(=O)c1c(Br)nnn1C. The Kier molecular flexibility index (Phi) is 5.26. The molecule has 1 rings (SSSR count). The number of rotatable bonds is 6. The molecule has 0 spiro atoms. The molecule has 11 heteroatoms. The first-order chi connectivity index (χ1) is 8.81. The van der Waals surface area contributed by atoms with Crippen LogP contribution in [0.2, 0.25) is 0 Å². The summed E-state index contributed by atoms with van der Waals surface area (Å²) in [4.78, 5) is 0. The zero-order valence-electron chi connectivity index (χ0n) is 10.4. The first kappa shape index (κ1) is 15.9. The lowest BCUT2D eigenvalue weighted by molar-refractivity contribution is 0.316. The van der Waals surface area contributed by atoms with E-state index in [0.29, 0.717) is 6.42 Å². The summed E-state index contributed by atoms with van der Waals surface area (Å²) in [6, 6.07) is -0.484. The Balaban J connectivity index is 2.96. The predicted molar refractivity (Wildman–Crippen MR) is 71.1 cm³/mol. The van der Waals surface area contributed by atoms with Gasteiger partial charge in [0, 0.05) is 19.5 Å². The molecule has 4 N–H and O–H groups in total. The molecule has 0 fully saturated rings. The Labute approximate surface area is 119 Å². The van der Waals surface area contributed by atoms with Gasteiger partial charge in [0.15, 0.2) is 4.60 Å². The van der Waals surface area contributed by atoms with Gasteiger partial charge in [-0.05, 0) is 22.4 Å². The minimum atomic E-state index is -3.79. The number of oxime groups is 1. The zero-order valence-corrected chi connectivity index (χ0v) is 12.8. The summed E-state index contributed by atoms with van der Waals surface area (Å²) in [5.74, 6) is -0.0447. The number of hydrogen-bond donors (Lipinski definition) is 3. The molecule has 0 radical (unpaired) electrons. The maximum Gasteiger partial charge on any atom is 0.260 e. The van der Waals surface area contributed by atoms with E-state index in [0.717, 1.165) is 4.68 Å². The first-order valence-electron chi connectivity index (χ1n) is 5.35. The highest BCUT2D eigenvalue weighted by Crippen LogP contribution is 2.18. The van der Waals surface area contributed by atoms with Gasteiger partial charge in [-0.3, -0.25) is 0 Å². The van der Waals surface area contributed by atoms with Gasteiger partial charge in [-0.1, -0.05) is 17.3 Å². The number of sulfonamides is 1. The van der Waals surface area contributed by atoms with Crippen LogP contribution in [0.3, 0.4) is 0 Å². The number of hydrogen-bond acceptors (Lipinski definition) is 6. The monoisotopic (exact) mass is 354 g/mol. The van der Waals surface area contributed by atoms with Gasteiger partial charge < -0.3 is 10.9 Å². The van der Waals surface area contributed by atoms with Gasteiger partial charge in [-0.15, -0.1) is 5.10 Å². The highest BCUT2D eigenvalue weighted by Gasteiger charge is 2.26. The molecule has 0 aliphatic carbocycles. The summed E-state index contributed by atoms with van der Waals surface area (Å²) in [6.45, 7) is 1.79. The quantitative estimate of drug-likeness (QED) is 0.279. The largest absolute Gasteiger partial charge is 0.409 e. The van der Waals surface area contributed by atoms with E-state index in [9.17, 15) is 8.42 Å². The second-order valence-corrected chi connectivity index (χ2v) is 6.21. The molecule has 0 aliphatic heterocycles. The minimum Gasteiger partial charge on any atom is -0.409 e. The molecule has 0 aliphatic rings. The Bertz CT molecular complexity index is 550. The second-order valence-electron chi connectivity index (χ2n) is 3.83. The molecule has 1 heterocycles. The molecule has 0 saturated carbocycles. The van der Waals surface area contributed by atoms with Gasteiger partial charge >= 0.3 is 0 Å². The molecule has 0 amide bonds. The van der Waals surface area contributed by atoms with E-state index in [4.69, 9.17) is 10.9 Å². The molecule has 19 heavy (non-hydrogen) atoms. The Morgan fingerprint density at radius 1 is 1.68 bits per heavy atom.